The molecule has 1 N–H and O–H groups in total. The summed E-state index contributed by atoms with van der Waals surface area (Å²) in [5.41, 5.74) is 1.05. The summed E-state index contributed by atoms with van der Waals surface area (Å²) in [6.45, 7) is 2.53. The van der Waals surface area contributed by atoms with E-state index >= 15 is 0 Å². The van der Waals surface area contributed by atoms with Crippen LogP contribution >= 0.6 is 11.9 Å². The fourth-order valence-electron chi connectivity index (χ4n) is 2.86. The molecule has 0 bridgehead atoms. The third-order valence-electron chi connectivity index (χ3n) is 4.15. The maximum atomic E-state index is 11.6. The van der Waals surface area contributed by atoms with Gasteiger partial charge in [-0.25, -0.2) is 4.31 Å². The molecule has 5 nitrogen and oxygen atoms in total. The Bertz CT molecular complexity index is 737. The van der Waals surface area contributed by atoms with Crippen molar-refractivity contribution in [1.29, 1.82) is 0 Å². The third kappa shape index (κ3) is 4.27. The number of aliphatic carboxylic acids is 1. The van der Waals surface area contributed by atoms with E-state index in [0.29, 0.717) is 13.0 Å². The molecular formula is C19H21NO4S. The van der Waals surface area contributed by atoms with E-state index in [0.717, 1.165) is 22.0 Å². The summed E-state index contributed by atoms with van der Waals surface area (Å²) in [7, 11) is 1.64. The molecule has 25 heavy (non-hydrogen) atoms. The molecule has 0 radical (unpaired) electrons. The van der Waals surface area contributed by atoms with Gasteiger partial charge in [0.05, 0.1) is 7.11 Å². The van der Waals surface area contributed by atoms with E-state index in [1.807, 2.05) is 59.8 Å². The van der Waals surface area contributed by atoms with Crippen LogP contribution in [0.1, 0.15) is 12.0 Å². The minimum Gasteiger partial charge on any atom is -0.496 e. The molecule has 1 saturated heterocycles. The minimum atomic E-state index is -0.828. The zero-order chi connectivity index (χ0) is 17.8. The van der Waals surface area contributed by atoms with E-state index in [9.17, 15) is 9.90 Å². The van der Waals surface area contributed by atoms with Crippen LogP contribution in [0.15, 0.2) is 53.4 Å². The molecule has 6 heteroatoms. The summed E-state index contributed by atoms with van der Waals surface area (Å²) in [4.78, 5) is 12.6. The number of carboxylic acids is 1. The number of aryl methyl sites for hydroxylation is 1. The number of nitrogens with zero attached hydrogens (tertiary/aromatic N) is 1. The average molecular weight is 359 g/mol. The first kappa shape index (κ1) is 17.6. The Hall–Kier alpha value is -2.18. The molecule has 1 heterocycles. The standard InChI is InChI=1S/C19H21NO4S/c1-13-8-9-16(11-18(13)23-2)25-20-12-15(10-17(20)19(21)22)24-14-6-4-3-5-7-14/h3-9,11,15,17H,10,12H2,1-2H3,(H,21,22). The number of rotatable bonds is 6. The molecule has 2 unspecified atom stereocenters. The van der Waals surface area contributed by atoms with Crippen molar-refractivity contribution in [2.24, 2.45) is 0 Å². The normalized spacial score (nSPS) is 20.4. The second-order valence-electron chi connectivity index (χ2n) is 5.97. The van der Waals surface area contributed by atoms with Gasteiger partial charge >= 0.3 is 5.97 Å². The lowest BCUT2D eigenvalue weighted by Gasteiger charge is -2.20. The van der Waals surface area contributed by atoms with Crippen molar-refractivity contribution in [3.05, 3.63) is 54.1 Å². The largest absolute Gasteiger partial charge is 0.496 e. The molecule has 1 aliphatic heterocycles. The topological polar surface area (TPSA) is 59.0 Å². The second kappa shape index (κ2) is 7.80. The van der Waals surface area contributed by atoms with E-state index in [2.05, 4.69) is 0 Å². The van der Waals surface area contributed by atoms with Crippen molar-refractivity contribution in [3.8, 4) is 11.5 Å². The first-order chi connectivity index (χ1) is 12.1. The SMILES string of the molecule is COc1cc(SN2CC(Oc3ccccc3)CC2C(=O)O)ccc1C. The van der Waals surface area contributed by atoms with E-state index in [1.54, 1.807) is 7.11 Å². The van der Waals surface area contributed by atoms with Crippen LogP contribution in [-0.2, 0) is 4.79 Å². The number of ether oxygens (including phenoxy) is 2. The van der Waals surface area contributed by atoms with Crippen molar-refractivity contribution in [2.75, 3.05) is 13.7 Å². The first-order valence-corrected chi connectivity index (χ1v) is 8.88. The summed E-state index contributed by atoms with van der Waals surface area (Å²) >= 11 is 1.43. The Morgan fingerprint density at radius 3 is 2.68 bits per heavy atom. The van der Waals surface area contributed by atoms with Crippen molar-refractivity contribution >= 4 is 17.9 Å². The zero-order valence-electron chi connectivity index (χ0n) is 14.2. The highest BCUT2D eigenvalue weighted by molar-refractivity contribution is 7.97. The van der Waals surface area contributed by atoms with Crippen LogP contribution in [0.25, 0.3) is 0 Å². The predicted octanol–water partition coefficient (Wildman–Crippen LogP) is 3.62. The summed E-state index contributed by atoms with van der Waals surface area (Å²) in [5, 5.41) is 9.56. The van der Waals surface area contributed by atoms with E-state index in [1.165, 1.54) is 11.9 Å². The van der Waals surface area contributed by atoms with Gasteiger partial charge < -0.3 is 14.6 Å². The van der Waals surface area contributed by atoms with Gasteiger partial charge in [0.15, 0.2) is 0 Å². The van der Waals surface area contributed by atoms with Gasteiger partial charge in [-0.15, -0.1) is 0 Å². The number of hydrogen-bond acceptors (Lipinski definition) is 5. The third-order valence-corrected chi connectivity index (χ3v) is 5.25. The van der Waals surface area contributed by atoms with Crippen LogP contribution in [-0.4, -0.2) is 41.2 Å². The molecular weight excluding hydrogens is 338 g/mol. The quantitative estimate of drug-likeness (QED) is 0.795. The van der Waals surface area contributed by atoms with Gasteiger partial charge in [0.25, 0.3) is 0 Å². The highest BCUT2D eigenvalue weighted by atomic mass is 32.2. The fourth-order valence-corrected chi connectivity index (χ4v) is 3.97. The highest BCUT2D eigenvalue weighted by Gasteiger charge is 2.39. The maximum absolute atomic E-state index is 11.6. The van der Waals surface area contributed by atoms with Gasteiger partial charge in [0, 0.05) is 17.9 Å². The molecule has 0 aliphatic carbocycles. The lowest BCUT2D eigenvalue weighted by atomic mass is 10.2. The van der Waals surface area contributed by atoms with E-state index in [-0.39, 0.29) is 6.10 Å². The van der Waals surface area contributed by atoms with E-state index < -0.39 is 12.0 Å². The monoisotopic (exact) mass is 359 g/mol. The summed E-state index contributed by atoms with van der Waals surface area (Å²) in [6.07, 6.45) is 0.309. The minimum absolute atomic E-state index is 0.150. The Labute approximate surface area is 151 Å². The number of carbonyl (C=O) groups is 1. The summed E-state index contributed by atoms with van der Waals surface area (Å²) in [6, 6.07) is 14.8. The Morgan fingerprint density at radius 1 is 1.24 bits per heavy atom. The molecule has 0 saturated carbocycles. The van der Waals surface area contributed by atoms with Crippen molar-refractivity contribution in [2.45, 2.75) is 30.4 Å². The van der Waals surface area contributed by atoms with Crippen LogP contribution in [0.3, 0.4) is 0 Å². The molecule has 0 aromatic heterocycles. The molecule has 2 aromatic rings. The summed E-state index contributed by atoms with van der Waals surface area (Å²) < 4.78 is 13.2. The Balaban J connectivity index is 1.72. The zero-order valence-corrected chi connectivity index (χ0v) is 15.0. The Kier molecular flexibility index (Phi) is 5.50. The first-order valence-electron chi connectivity index (χ1n) is 8.10. The molecule has 0 spiro atoms. The van der Waals surface area contributed by atoms with Gasteiger partial charge in [-0.2, -0.15) is 0 Å². The number of benzene rings is 2. The average Bonchev–Trinajstić information content (AvgIpc) is 3.00. The van der Waals surface area contributed by atoms with Crippen molar-refractivity contribution in [3.63, 3.8) is 0 Å². The number of carboxylic acid groups (broad SMARTS) is 1. The smallest absolute Gasteiger partial charge is 0.321 e. The van der Waals surface area contributed by atoms with Gasteiger partial charge in [-0.3, -0.25) is 4.79 Å². The van der Waals surface area contributed by atoms with Crippen LogP contribution < -0.4 is 9.47 Å². The number of para-hydroxylation sites is 1. The fraction of sp³-hybridized carbons (Fsp3) is 0.316. The molecule has 3 rings (SSSR count). The lowest BCUT2D eigenvalue weighted by Crippen LogP contribution is -2.30. The molecule has 0 amide bonds. The molecule has 2 atom stereocenters. The van der Waals surface area contributed by atoms with Crippen molar-refractivity contribution in [1.82, 2.24) is 4.31 Å². The molecule has 1 fully saturated rings. The second-order valence-corrected chi connectivity index (χ2v) is 7.09. The van der Waals surface area contributed by atoms with Gasteiger partial charge in [-0.05, 0) is 48.7 Å². The van der Waals surface area contributed by atoms with E-state index in [4.69, 9.17) is 9.47 Å². The summed E-state index contributed by atoms with van der Waals surface area (Å²) in [5.74, 6) is 0.736. The molecule has 2 aromatic carbocycles. The lowest BCUT2D eigenvalue weighted by molar-refractivity contribution is -0.140. The van der Waals surface area contributed by atoms with Crippen molar-refractivity contribution < 1.29 is 19.4 Å². The van der Waals surface area contributed by atoms with Crippen LogP contribution in [0.4, 0.5) is 0 Å². The number of hydrogen-bond donors (Lipinski definition) is 1. The Morgan fingerprint density at radius 2 is 2.00 bits per heavy atom. The van der Waals surface area contributed by atoms with Crippen LogP contribution in [0, 0.1) is 6.92 Å². The van der Waals surface area contributed by atoms with Crippen LogP contribution in [0.5, 0.6) is 11.5 Å². The maximum Gasteiger partial charge on any atom is 0.321 e. The molecule has 1 aliphatic rings. The van der Waals surface area contributed by atoms with Crippen LogP contribution in [0.2, 0.25) is 0 Å². The highest BCUT2D eigenvalue weighted by Crippen LogP contribution is 2.35. The van der Waals surface area contributed by atoms with Gasteiger partial charge in [0.1, 0.15) is 23.6 Å². The number of methoxy groups -OCH3 is 1. The predicted molar refractivity (Wildman–Crippen MR) is 97.2 cm³/mol. The van der Waals surface area contributed by atoms with Gasteiger partial charge in [-0.1, -0.05) is 24.3 Å². The van der Waals surface area contributed by atoms with Gasteiger partial charge in [0.2, 0.25) is 0 Å². The molecule has 132 valence electrons.